The fourth-order valence-corrected chi connectivity index (χ4v) is 2.49. The number of furan rings is 1. The molecule has 112 valence electrons. The summed E-state index contributed by atoms with van der Waals surface area (Å²) in [5.41, 5.74) is 2.00. The molecule has 0 fully saturated rings. The largest absolute Gasteiger partial charge is 0.508 e. The van der Waals surface area contributed by atoms with Crippen molar-refractivity contribution in [1.29, 1.82) is 0 Å². The maximum Gasteiger partial charge on any atom is 0.193 e. The Bertz CT molecular complexity index is 797. The van der Waals surface area contributed by atoms with Crippen LogP contribution in [0.5, 0.6) is 5.75 Å². The van der Waals surface area contributed by atoms with E-state index < -0.39 is 0 Å². The van der Waals surface area contributed by atoms with E-state index in [9.17, 15) is 9.90 Å². The molecule has 3 nitrogen and oxygen atoms in total. The first-order valence-corrected chi connectivity index (χ1v) is 7.53. The second-order valence-electron chi connectivity index (χ2n) is 5.44. The Morgan fingerprint density at radius 2 is 1.77 bits per heavy atom. The quantitative estimate of drug-likeness (QED) is 0.693. The molecule has 0 saturated carbocycles. The monoisotopic (exact) mass is 294 g/mol. The highest BCUT2D eigenvalue weighted by Gasteiger charge is 2.11. The van der Waals surface area contributed by atoms with Gasteiger partial charge in [0, 0.05) is 22.9 Å². The summed E-state index contributed by atoms with van der Waals surface area (Å²) in [7, 11) is 0. The zero-order chi connectivity index (χ0) is 15.5. The summed E-state index contributed by atoms with van der Waals surface area (Å²) in [6, 6.07) is 13.8. The number of unbranched alkanes of at least 4 members (excludes halogenated alkanes) is 1. The number of aromatic hydroxyl groups is 1. The third-order valence-electron chi connectivity index (χ3n) is 3.74. The summed E-state index contributed by atoms with van der Waals surface area (Å²) >= 11 is 0. The highest BCUT2D eigenvalue weighted by atomic mass is 16.3. The van der Waals surface area contributed by atoms with Crippen LogP contribution in [-0.4, -0.2) is 10.9 Å². The average Bonchev–Trinajstić information content (AvgIpc) is 2.94. The number of hydrogen-bond donors (Lipinski definition) is 1. The van der Waals surface area contributed by atoms with Crippen molar-refractivity contribution in [3.63, 3.8) is 0 Å². The summed E-state index contributed by atoms with van der Waals surface area (Å²) in [5, 5.41) is 10.3. The summed E-state index contributed by atoms with van der Waals surface area (Å²) in [4.78, 5) is 12.5. The lowest BCUT2D eigenvalue weighted by molar-refractivity contribution is 0.103. The van der Waals surface area contributed by atoms with Crippen LogP contribution in [0, 0.1) is 0 Å². The molecule has 0 aliphatic rings. The van der Waals surface area contributed by atoms with E-state index in [1.165, 1.54) is 12.1 Å². The molecule has 0 bridgehead atoms. The highest BCUT2D eigenvalue weighted by Crippen LogP contribution is 2.23. The molecule has 0 amide bonds. The Morgan fingerprint density at radius 3 is 2.50 bits per heavy atom. The Labute approximate surface area is 129 Å². The van der Waals surface area contributed by atoms with Crippen molar-refractivity contribution in [1.82, 2.24) is 0 Å². The number of benzene rings is 2. The minimum Gasteiger partial charge on any atom is -0.508 e. The maximum absolute atomic E-state index is 12.5. The number of phenolic OH excluding ortho intramolecular Hbond substituents is 1. The van der Waals surface area contributed by atoms with Gasteiger partial charge in [-0.1, -0.05) is 13.3 Å². The van der Waals surface area contributed by atoms with E-state index in [0.717, 1.165) is 36.0 Å². The van der Waals surface area contributed by atoms with Gasteiger partial charge in [0.2, 0.25) is 0 Å². The fraction of sp³-hybridized carbons (Fsp3) is 0.211. The van der Waals surface area contributed by atoms with Crippen molar-refractivity contribution < 1.29 is 14.3 Å². The Morgan fingerprint density at radius 1 is 1.05 bits per heavy atom. The van der Waals surface area contributed by atoms with Crippen LogP contribution in [0.15, 0.2) is 52.9 Å². The van der Waals surface area contributed by atoms with Gasteiger partial charge in [0.15, 0.2) is 5.78 Å². The molecule has 3 rings (SSSR count). The third kappa shape index (κ3) is 2.89. The SMILES string of the molecule is CCCCc1cc2cc(C(=O)c3ccc(O)cc3)ccc2o1. The standard InChI is InChI=1S/C19H18O3/c1-2-3-4-17-12-15-11-14(7-10-18(15)22-17)19(21)13-5-8-16(20)9-6-13/h5-12,20H,2-4H2,1H3. The summed E-state index contributed by atoms with van der Waals surface area (Å²) < 4.78 is 5.78. The highest BCUT2D eigenvalue weighted by molar-refractivity contribution is 6.10. The molecule has 0 aliphatic carbocycles. The van der Waals surface area contributed by atoms with Crippen molar-refractivity contribution in [3.8, 4) is 5.75 Å². The van der Waals surface area contributed by atoms with Crippen molar-refractivity contribution in [2.24, 2.45) is 0 Å². The van der Waals surface area contributed by atoms with Gasteiger partial charge < -0.3 is 9.52 Å². The van der Waals surface area contributed by atoms with E-state index in [1.54, 1.807) is 18.2 Å². The van der Waals surface area contributed by atoms with Gasteiger partial charge in [-0.25, -0.2) is 0 Å². The second kappa shape index (κ2) is 6.06. The van der Waals surface area contributed by atoms with E-state index in [-0.39, 0.29) is 11.5 Å². The van der Waals surface area contributed by atoms with Crippen LogP contribution in [0.1, 0.15) is 41.4 Å². The molecular weight excluding hydrogens is 276 g/mol. The smallest absolute Gasteiger partial charge is 0.193 e. The van der Waals surface area contributed by atoms with Crippen LogP contribution in [0.25, 0.3) is 11.0 Å². The van der Waals surface area contributed by atoms with Gasteiger partial charge in [-0.3, -0.25) is 4.79 Å². The molecule has 3 heteroatoms. The maximum atomic E-state index is 12.5. The molecule has 0 spiro atoms. The molecule has 3 aromatic rings. The third-order valence-corrected chi connectivity index (χ3v) is 3.74. The number of carbonyl (C=O) groups excluding carboxylic acids is 1. The number of ketones is 1. The van der Waals surface area contributed by atoms with E-state index in [4.69, 9.17) is 4.42 Å². The zero-order valence-electron chi connectivity index (χ0n) is 12.5. The summed E-state index contributed by atoms with van der Waals surface area (Å²) in [6.07, 6.45) is 3.15. The van der Waals surface area contributed by atoms with Crippen LogP contribution < -0.4 is 0 Å². The number of phenols is 1. The molecule has 1 aromatic heterocycles. The van der Waals surface area contributed by atoms with E-state index in [1.807, 2.05) is 18.2 Å². The normalized spacial score (nSPS) is 11.0. The van der Waals surface area contributed by atoms with Gasteiger partial charge in [-0.15, -0.1) is 0 Å². The minimum atomic E-state index is -0.0572. The average molecular weight is 294 g/mol. The lowest BCUT2D eigenvalue weighted by Crippen LogP contribution is -2.00. The number of fused-ring (bicyclic) bond motifs is 1. The number of carbonyl (C=O) groups is 1. The van der Waals surface area contributed by atoms with E-state index in [2.05, 4.69) is 6.92 Å². The number of hydrogen-bond acceptors (Lipinski definition) is 3. The molecule has 0 unspecified atom stereocenters. The predicted molar refractivity (Wildman–Crippen MR) is 86.4 cm³/mol. The number of aryl methyl sites for hydroxylation is 1. The molecule has 1 N–H and O–H groups in total. The minimum absolute atomic E-state index is 0.0572. The first kappa shape index (κ1) is 14.4. The molecule has 1 heterocycles. The molecule has 0 aliphatic heterocycles. The summed E-state index contributed by atoms with van der Waals surface area (Å²) in [5.74, 6) is 1.06. The van der Waals surface area contributed by atoms with Gasteiger partial charge in [0.1, 0.15) is 17.1 Å². The molecule has 0 saturated heterocycles. The molecule has 0 atom stereocenters. The second-order valence-corrected chi connectivity index (χ2v) is 5.44. The predicted octanol–water partition coefficient (Wildman–Crippen LogP) is 4.71. The van der Waals surface area contributed by atoms with Gasteiger partial charge >= 0.3 is 0 Å². The Balaban J connectivity index is 1.90. The zero-order valence-corrected chi connectivity index (χ0v) is 12.5. The molecule has 2 aromatic carbocycles. The van der Waals surface area contributed by atoms with E-state index in [0.29, 0.717) is 11.1 Å². The Kier molecular flexibility index (Phi) is 3.96. The van der Waals surface area contributed by atoms with Crippen molar-refractivity contribution in [3.05, 3.63) is 65.4 Å². The van der Waals surface area contributed by atoms with Gasteiger partial charge in [-0.2, -0.15) is 0 Å². The van der Waals surface area contributed by atoms with Crippen LogP contribution >= 0.6 is 0 Å². The van der Waals surface area contributed by atoms with Gasteiger partial charge in [-0.05, 0) is 55.0 Å². The lowest BCUT2D eigenvalue weighted by Gasteiger charge is -2.01. The molecular formula is C19H18O3. The van der Waals surface area contributed by atoms with Crippen LogP contribution in [0.4, 0.5) is 0 Å². The lowest BCUT2D eigenvalue weighted by atomic mass is 10.0. The van der Waals surface area contributed by atoms with Crippen molar-refractivity contribution >= 4 is 16.8 Å². The summed E-state index contributed by atoms with van der Waals surface area (Å²) in [6.45, 7) is 2.15. The van der Waals surface area contributed by atoms with Crippen LogP contribution in [0.2, 0.25) is 0 Å². The number of rotatable bonds is 5. The van der Waals surface area contributed by atoms with Gasteiger partial charge in [0.05, 0.1) is 0 Å². The molecule has 22 heavy (non-hydrogen) atoms. The van der Waals surface area contributed by atoms with Crippen molar-refractivity contribution in [2.75, 3.05) is 0 Å². The van der Waals surface area contributed by atoms with Gasteiger partial charge in [0.25, 0.3) is 0 Å². The molecule has 0 radical (unpaired) electrons. The van der Waals surface area contributed by atoms with Crippen molar-refractivity contribution in [2.45, 2.75) is 26.2 Å². The first-order valence-electron chi connectivity index (χ1n) is 7.53. The van der Waals surface area contributed by atoms with Crippen LogP contribution in [-0.2, 0) is 6.42 Å². The first-order chi connectivity index (χ1) is 10.7. The Hall–Kier alpha value is -2.55. The fourth-order valence-electron chi connectivity index (χ4n) is 2.49. The topological polar surface area (TPSA) is 50.4 Å². The van der Waals surface area contributed by atoms with Crippen LogP contribution in [0.3, 0.4) is 0 Å². The van der Waals surface area contributed by atoms with E-state index >= 15 is 0 Å².